The summed E-state index contributed by atoms with van der Waals surface area (Å²) >= 11 is 0. The molecule has 1 aromatic carbocycles. The number of methoxy groups -OCH3 is 3. The smallest absolute Gasteiger partial charge is 0.152 e. The minimum Gasteiger partial charge on any atom is -0.496 e. The quantitative estimate of drug-likeness (QED) is 0.750. The van der Waals surface area contributed by atoms with E-state index in [0.29, 0.717) is 23.8 Å². The number of aryl methyl sites for hydroxylation is 1. The van der Waals surface area contributed by atoms with Gasteiger partial charge in [0.25, 0.3) is 0 Å². The number of ether oxygens (including phenoxy) is 3. The zero-order valence-corrected chi connectivity index (χ0v) is 14.2. The summed E-state index contributed by atoms with van der Waals surface area (Å²) in [6.07, 6.45) is 3.53. The van der Waals surface area contributed by atoms with E-state index < -0.39 is 0 Å². The molecule has 24 heavy (non-hydrogen) atoms. The van der Waals surface area contributed by atoms with Gasteiger partial charge in [-0.05, 0) is 13.0 Å². The molecule has 0 fully saturated rings. The molecule has 0 saturated heterocycles. The van der Waals surface area contributed by atoms with Gasteiger partial charge in [0, 0.05) is 31.1 Å². The minimum atomic E-state index is 0.493. The second-order valence-electron chi connectivity index (χ2n) is 5.26. The predicted octanol–water partition coefficient (Wildman–Crippen LogP) is 2.68. The Balaban J connectivity index is 1.93. The van der Waals surface area contributed by atoms with Crippen LogP contribution in [0.4, 0.5) is 5.82 Å². The summed E-state index contributed by atoms with van der Waals surface area (Å²) in [6.45, 7) is 2.44. The van der Waals surface area contributed by atoms with E-state index >= 15 is 0 Å². The van der Waals surface area contributed by atoms with Crippen molar-refractivity contribution in [3.8, 4) is 17.2 Å². The van der Waals surface area contributed by atoms with Crippen LogP contribution < -0.4 is 19.5 Å². The van der Waals surface area contributed by atoms with Gasteiger partial charge in [-0.25, -0.2) is 9.50 Å². The zero-order chi connectivity index (χ0) is 17.1. The molecule has 3 rings (SSSR count). The molecular weight excluding hydrogens is 308 g/mol. The lowest BCUT2D eigenvalue weighted by atomic mass is 10.1. The molecule has 126 valence electrons. The summed E-state index contributed by atoms with van der Waals surface area (Å²) in [7, 11) is 4.85. The number of nitrogens with one attached hydrogen (secondary N) is 1. The van der Waals surface area contributed by atoms with Crippen molar-refractivity contribution < 1.29 is 14.2 Å². The van der Waals surface area contributed by atoms with Crippen molar-refractivity contribution in [3.63, 3.8) is 0 Å². The van der Waals surface area contributed by atoms with Crippen LogP contribution in [0.15, 0.2) is 30.6 Å². The van der Waals surface area contributed by atoms with Crippen molar-refractivity contribution >= 4 is 11.3 Å². The normalized spacial score (nSPS) is 10.7. The molecule has 0 atom stereocenters. The molecule has 0 aliphatic rings. The Labute approximate surface area is 140 Å². The van der Waals surface area contributed by atoms with E-state index in [1.165, 1.54) is 0 Å². The molecule has 0 aliphatic heterocycles. The van der Waals surface area contributed by atoms with Gasteiger partial charge >= 0.3 is 0 Å². The van der Waals surface area contributed by atoms with Crippen LogP contribution in [0.1, 0.15) is 11.3 Å². The number of nitrogens with zero attached hydrogens (tertiary/aromatic N) is 3. The van der Waals surface area contributed by atoms with Gasteiger partial charge in [0.2, 0.25) is 0 Å². The largest absolute Gasteiger partial charge is 0.496 e. The van der Waals surface area contributed by atoms with Crippen LogP contribution in [0.25, 0.3) is 5.52 Å². The summed E-state index contributed by atoms with van der Waals surface area (Å²) in [5.41, 5.74) is 2.74. The highest BCUT2D eigenvalue weighted by Crippen LogP contribution is 2.34. The van der Waals surface area contributed by atoms with Crippen LogP contribution in [0.3, 0.4) is 0 Å². The molecule has 7 heteroatoms. The lowest BCUT2D eigenvalue weighted by molar-refractivity contribution is 0.369. The lowest BCUT2D eigenvalue weighted by Crippen LogP contribution is -2.07. The number of hydrogen-bond acceptors (Lipinski definition) is 6. The molecule has 0 radical (unpaired) electrons. The Morgan fingerprint density at radius 3 is 2.38 bits per heavy atom. The van der Waals surface area contributed by atoms with Crippen molar-refractivity contribution in [2.24, 2.45) is 0 Å². The van der Waals surface area contributed by atoms with Crippen LogP contribution in [0.5, 0.6) is 17.2 Å². The fourth-order valence-corrected chi connectivity index (χ4v) is 2.60. The molecule has 0 bridgehead atoms. The van der Waals surface area contributed by atoms with E-state index in [-0.39, 0.29) is 0 Å². The molecule has 2 aromatic heterocycles. The molecule has 0 amide bonds. The molecular formula is C17H20N4O3. The molecule has 1 N–H and O–H groups in total. The Kier molecular flexibility index (Phi) is 4.41. The Morgan fingerprint density at radius 1 is 1.04 bits per heavy atom. The van der Waals surface area contributed by atoms with Crippen LogP contribution in [0.2, 0.25) is 0 Å². The molecule has 3 aromatic rings. The van der Waals surface area contributed by atoms with E-state index in [1.807, 2.05) is 31.3 Å². The van der Waals surface area contributed by atoms with E-state index in [2.05, 4.69) is 15.4 Å². The Morgan fingerprint density at radius 2 is 1.75 bits per heavy atom. The molecule has 0 aliphatic carbocycles. The van der Waals surface area contributed by atoms with Crippen LogP contribution in [0, 0.1) is 6.92 Å². The summed E-state index contributed by atoms with van der Waals surface area (Å²) < 4.78 is 18.0. The van der Waals surface area contributed by atoms with Gasteiger partial charge in [-0.15, -0.1) is 0 Å². The van der Waals surface area contributed by atoms with Crippen molar-refractivity contribution in [3.05, 3.63) is 41.9 Å². The van der Waals surface area contributed by atoms with Gasteiger partial charge < -0.3 is 19.5 Å². The molecule has 2 heterocycles. The number of anilines is 1. The monoisotopic (exact) mass is 328 g/mol. The average molecular weight is 328 g/mol. The number of rotatable bonds is 6. The zero-order valence-electron chi connectivity index (χ0n) is 14.2. The highest BCUT2D eigenvalue weighted by molar-refractivity contribution is 5.68. The first kappa shape index (κ1) is 15.9. The molecule has 0 unspecified atom stereocenters. The Bertz CT molecular complexity index is 835. The van der Waals surface area contributed by atoms with E-state index in [1.54, 1.807) is 32.0 Å². The van der Waals surface area contributed by atoms with Gasteiger partial charge in [0.05, 0.1) is 32.6 Å². The van der Waals surface area contributed by atoms with Crippen LogP contribution in [-0.2, 0) is 6.54 Å². The predicted molar refractivity (Wildman–Crippen MR) is 91.1 cm³/mol. The Hall–Kier alpha value is -2.96. The topological polar surface area (TPSA) is 69.9 Å². The SMILES string of the molecule is COc1cc(OC)c(CNc2nccn3nc(C)cc23)c(OC)c1. The summed E-state index contributed by atoms with van der Waals surface area (Å²) in [5.74, 6) is 2.81. The molecule has 7 nitrogen and oxygen atoms in total. The van der Waals surface area contributed by atoms with Crippen LogP contribution >= 0.6 is 0 Å². The van der Waals surface area contributed by atoms with Crippen LogP contribution in [-0.4, -0.2) is 35.9 Å². The maximum Gasteiger partial charge on any atom is 0.152 e. The van der Waals surface area contributed by atoms with Crippen molar-refractivity contribution in [2.75, 3.05) is 26.6 Å². The first-order valence-electron chi connectivity index (χ1n) is 7.50. The summed E-state index contributed by atoms with van der Waals surface area (Å²) in [6, 6.07) is 5.64. The summed E-state index contributed by atoms with van der Waals surface area (Å²) in [5, 5.41) is 7.72. The van der Waals surface area contributed by atoms with Gasteiger partial charge in [0.15, 0.2) is 5.82 Å². The maximum absolute atomic E-state index is 5.47. The third-order valence-electron chi connectivity index (χ3n) is 3.76. The first-order valence-corrected chi connectivity index (χ1v) is 7.50. The second kappa shape index (κ2) is 6.66. The van der Waals surface area contributed by atoms with Crippen molar-refractivity contribution in [1.82, 2.24) is 14.6 Å². The second-order valence-corrected chi connectivity index (χ2v) is 5.26. The van der Waals surface area contributed by atoms with Gasteiger partial charge in [-0.2, -0.15) is 5.10 Å². The fraction of sp³-hybridized carbons (Fsp3) is 0.294. The fourth-order valence-electron chi connectivity index (χ4n) is 2.60. The first-order chi connectivity index (χ1) is 11.7. The third kappa shape index (κ3) is 2.92. The van der Waals surface area contributed by atoms with Gasteiger partial charge in [-0.1, -0.05) is 0 Å². The number of benzene rings is 1. The minimum absolute atomic E-state index is 0.493. The average Bonchev–Trinajstić information content (AvgIpc) is 2.99. The molecule has 0 saturated carbocycles. The van der Waals surface area contributed by atoms with E-state index in [0.717, 1.165) is 22.6 Å². The van der Waals surface area contributed by atoms with Crippen molar-refractivity contribution in [2.45, 2.75) is 13.5 Å². The van der Waals surface area contributed by atoms with E-state index in [4.69, 9.17) is 14.2 Å². The standard InChI is InChI=1S/C17H20N4O3/c1-11-7-14-17(18-5-6-21(14)20-11)19-10-13-15(23-3)8-12(22-2)9-16(13)24-4/h5-9H,10H2,1-4H3,(H,18,19). The number of aromatic nitrogens is 3. The molecule has 0 spiro atoms. The number of hydrogen-bond donors (Lipinski definition) is 1. The lowest BCUT2D eigenvalue weighted by Gasteiger charge is -2.16. The highest BCUT2D eigenvalue weighted by atomic mass is 16.5. The van der Waals surface area contributed by atoms with E-state index in [9.17, 15) is 0 Å². The summed E-state index contributed by atoms with van der Waals surface area (Å²) in [4.78, 5) is 4.40. The number of fused-ring (bicyclic) bond motifs is 1. The van der Waals surface area contributed by atoms with Crippen molar-refractivity contribution in [1.29, 1.82) is 0 Å². The van der Waals surface area contributed by atoms with Gasteiger partial charge in [-0.3, -0.25) is 0 Å². The van der Waals surface area contributed by atoms with Gasteiger partial charge in [0.1, 0.15) is 22.8 Å². The third-order valence-corrected chi connectivity index (χ3v) is 3.76. The maximum atomic E-state index is 5.47. The highest BCUT2D eigenvalue weighted by Gasteiger charge is 2.14.